The zero-order chi connectivity index (χ0) is 19.8. The number of nitrogens with one attached hydrogen (secondary N) is 1. The minimum atomic E-state index is -0.787. The summed E-state index contributed by atoms with van der Waals surface area (Å²) in [6.07, 6.45) is 3.19. The minimum Gasteiger partial charge on any atom is -0.491 e. The third-order valence-corrected chi connectivity index (χ3v) is 5.52. The summed E-state index contributed by atoms with van der Waals surface area (Å²) in [5, 5.41) is 7.68. The predicted octanol–water partition coefficient (Wildman–Crippen LogP) is 2.83. The fourth-order valence-electron chi connectivity index (χ4n) is 4.01. The van der Waals surface area contributed by atoms with Gasteiger partial charge in [0.1, 0.15) is 17.0 Å². The van der Waals surface area contributed by atoms with Crippen LogP contribution in [0.4, 0.5) is 0 Å². The van der Waals surface area contributed by atoms with Gasteiger partial charge in [-0.2, -0.15) is 5.10 Å². The Morgan fingerprint density at radius 1 is 1.17 bits per heavy atom. The van der Waals surface area contributed by atoms with E-state index in [-0.39, 0.29) is 5.91 Å². The first-order valence-electron chi connectivity index (χ1n) is 9.84. The highest BCUT2D eigenvalue weighted by atomic mass is 16.5. The smallest absolute Gasteiger partial charge is 0.272 e. The molecular formula is C22H22N4O3. The van der Waals surface area contributed by atoms with Crippen LogP contribution >= 0.6 is 0 Å². The van der Waals surface area contributed by atoms with Crippen LogP contribution in [0.1, 0.15) is 40.2 Å². The number of amides is 1. The van der Waals surface area contributed by atoms with E-state index in [1.54, 1.807) is 16.9 Å². The topological polar surface area (TPSA) is 78.3 Å². The highest BCUT2D eigenvalue weighted by Gasteiger charge is 2.43. The Labute approximate surface area is 168 Å². The van der Waals surface area contributed by atoms with Crippen molar-refractivity contribution in [2.75, 3.05) is 13.2 Å². The second-order valence-corrected chi connectivity index (χ2v) is 7.47. The normalized spacial score (nSPS) is 20.0. The van der Waals surface area contributed by atoms with Crippen molar-refractivity contribution >= 4 is 5.91 Å². The maximum Gasteiger partial charge on any atom is 0.272 e. The Balaban J connectivity index is 1.57. The van der Waals surface area contributed by atoms with Gasteiger partial charge in [-0.25, -0.2) is 4.68 Å². The summed E-state index contributed by atoms with van der Waals surface area (Å²) in [5.41, 5.74) is 2.40. The first kappa shape index (κ1) is 17.7. The Morgan fingerprint density at radius 2 is 2.03 bits per heavy atom. The van der Waals surface area contributed by atoms with Gasteiger partial charge in [-0.1, -0.05) is 29.8 Å². The highest BCUT2D eigenvalue weighted by molar-refractivity contribution is 5.93. The number of hydrogen-bond acceptors (Lipinski definition) is 5. The molecular weight excluding hydrogens is 368 g/mol. The lowest BCUT2D eigenvalue weighted by Gasteiger charge is -2.38. The van der Waals surface area contributed by atoms with Crippen molar-refractivity contribution < 1.29 is 14.3 Å². The summed E-state index contributed by atoms with van der Waals surface area (Å²) < 4.78 is 13.2. The van der Waals surface area contributed by atoms with Gasteiger partial charge in [-0.15, -0.1) is 0 Å². The van der Waals surface area contributed by atoms with Crippen molar-refractivity contribution in [2.45, 2.75) is 31.8 Å². The van der Waals surface area contributed by atoms with Crippen LogP contribution in [0.25, 0.3) is 0 Å². The Kier molecular flexibility index (Phi) is 4.23. The Hall–Kier alpha value is -3.35. The van der Waals surface area contributed by atoms with E-state index in [2.05, 4.69) is 15.4 Å². The van der Waals surface area contributed by atoms with Crippen molar-refractivity contribution in [3.63, 3.8) is 0 Å². The molecule has 0 unspecified atom stereocenters. The fourth-order valence-corrected chi connectivity index (χ4v) is 4.01. The molecule has 7 heteroatoms. The number of pyridine rings is 1. The maximum atomic E-state index is 13.3. The van der Waals surface area contributed by atoms with Crippen LogP contribution in [0.15, 0.2) is 48.7 Å². The van der Waals surface area contributed by atoms with E-state index in [9.17, 15) is 4.79 Å². The number of aryl methyl sites for hydroxylation is 2. The number of benzene rings is 1. The van der Waals surface area contributed by atoms with Crippen LogP contribution in [0.5, 0.6) is 11.6 Å². The van der Waals surface area contributed by atoms with Gasteiger partial charge in [0.2, 0.25) is 5.88 Å². The molecule has 4 heterocycles. The van der Waals surface area contributed by atoms with Gasteiger partial charge in [0.05, 0.1) is 13.2 Å². The van der Waals surface area contributed by atoms with Gasteiger partial charge in [-0.3, -0.25) is 9.78 Å². The molecule has 2 aromatic heterocycles. The average molecular weight is 390 g/mol. The Bertz CT molecular complexity index is 1040. The fraction of sp³-hybridized carbons (Fsp3) is 0.318. The molecule has 1 amide bonds. The molecule has 7 nitrogen and oxygen atoms in total. The van der Waals surface area contributed by atoms with Gasteiger partial charge in [0.25, 0.3) is 5.91 Å². The number of hydrogen-bond donors (Lipinski definition) is 1. The SMILES string of the molecule is Cc1ccc([C@@]2(NC(=O)c3cc4n(n3)CCCO4)CCOc3cccnc32)cc1. The predicted molar refractivity (Wildman–Crippen MR) is 106 cm³/mol. The summed E-state index contributed by atoms with van der Waals surface area (Å²) >= 11 is 0. The quantitative estimate of drug-likeness (QED) is 0.744. The third kappa shape index (κ3) is 3.03. The van der Waals surface area contributed by atoms with E-state index in [0.717, 1.165) is 24.1 Å². The van der Waals surface area contributed by atoms with Gasteiger partial charge in [0, 0.05) is 31.6 Å². The summed E-state index contributed by atoms with van der Waals surface area (Å²) in [5.74, 6) is 1.07. The molecule has 0 saturated carbocycles. The van der Waals surface area contributed by atoms with Gasteiger partial charge < -0.3 is 14.8 Å². The monoisotopic (exact) mass is 390 g/mol. The molecule has 0 saturated heterocycles. The molecule has 5 rings (SSSR count). The lowest BCUT2D eigenvalue weighted by atomic mass is 9.81. The number of rotatable bonds is 3. The van der Waals surface area contributed by atoms with E-state index in [1.807, 2.05) is 43.3 Å². The van der Waals surface area contributed by atoms with E-state index >= 15 is 0 Å². The molecule has 1 N–H and O–H groups in total. The van der Waals surface area contributed by atoms with Crippen molar-refractivity contribution in [3.05, 3.63) is 71.2 Å². The molecule has 0 radical (unpaired) electrons. The van der Waals surface area contributed by atoms with Crippen LogP contribution in [0, 0.1) is 6.92 Å². The molecule has 1 aromatic carbocycles. The number of carbonyl (C=O) groups is 1. The van der Waals surface area contributed by atoms with Crippen LogP contribution < -0.4 is 14.8 Å². The third-order valence-electron chi connectivity index (χ3n) is 5.52. The summed E-state index contributed by atoms with van der Waals surface area (Å²) in [6.45, 7) is 3.93. The van der Waals surface area contributed by atoms with E-state index < -0.39 is 5.54 Å². The largest absolute Gasteiger partial charge is 0.491 e. The molecule has 0 bridgehead atoms. The Morgan fingerprint density at radius 3 is 2.86 bits per heavy atom. The van der Waals surface area contributed by atoms with Gasteiger partial charge in [-0.05, 0) is 24.6 Å². The zero-order valence-electron chi connectivity index (χ0n) is 16.2. The van der Waals surface area contributed by atoms with Crippen molar-refractivity contribution in [1.82, 2.24) is 20.1 Å². The second kappa shape index (κ2) is 6.92. The summed E-state index contributed by atoms with van der Waals surface area (Å²) in [7, 11) is 0. The molecule has 0 spiro atoms. The van der Waals surface area contributed by atoms with Crippen LogP contribution in [-0.4, -0.2) is 33.9 Å². The van der Waals surface area contributed by atoms with Gasteiger partial charge >= 0.3 is 0 Å². The van der Waals surface area contributed by atoms with Crippen LogP contribution in [-0.2, 0) is 12.1 Å². The lowest BCUT2D eigenvalue weighted by Crippen LogP contribution is -2.50. The second-order valence-electron chi connectivity index (χ2n) is 7.47. The standard InChI is InChI=1S/C22H22N4O3/c1-15-5-7-16(8-6-15)22(9-13-28-18-4-2-10-23-20(18)22)24-21(27)17-14-19-26(25-17)11-3-12-29-19/h2,4-8,10,14H,3,9,11-13H2,1H3,(H,24,27)/t22-/m0/s1. The van der Waals surface area contributed by atoms with Crippen LogP contribution in [0.3, 0.4) is 0 Å². The zero-order valence-corrected chi connectivity index (χ0v) is 16.2. The van der Waals surface area contributed by atoms with E-state index in [0.29, 0.717) is 42.7 Å². The molecule has 148 valence electrons. The minimum absolute atomic E-state index is 0.255. The number of aromatic nitrogens is 3. The molecule has 2 aliphatic heterocycles. The lowest BCUT2D eigenvalue weighted by molar-refractivity contribution is 0.0877. The van der Waals surface area contributed by atoms with Crippen molar-refractivity contribution in [3.8, 4) is 11.6 Å². The highest BCUT2D eigenvalue weighted by Crippen LogP contribution is 2.40. The molecule has 1 atom stereocenters. The average Bonchev–Trinajstić information content (AvgIpc) is 3.19. The van der Waals surface area contributed by atoms with Crippen molar-refractivity contribution in [2.24, 2.45) is 0 Å². The van der Waals surface area contributed by atoms with E-state index in [1.165, 1.54) is 0 Å². The molecule has 2 aliphatic rings. The van der Waals surface area contributed by atoms with Crippen molar-refractivity contribution in [1.29, 1.82) is 0 Å². The van der Waals surface area contributed by atoms with E-state index in [4.69, 9.17) is 9.47 Å². The van der Waals surface area contributed by atoms with Gasteiger partial charge in [0.15, 0.2) is 5.69 Å². The first-order valence-corrected chi connectivity index (χ1v) is 9.84. The number of nitrogens with zero attached hydrogens (tertiary/aromatic N) is 3. The van der Waals surface area contributed by atoms with Crippen LogP contribution in [0.2, 0.25) is 0 Å². The molecule has 0 aliphatic carbocycles. The molecule has 3 aromatic rings. The first-order chi connectivity index (χ1) is 14.2. The molecule has 0 fully saturated rings. The number of ether oxygens (including phenoxy) is 2. The number of carbonyl (C=O) groups excluding carboxylic acids is 1. The maximum absolute atomic E-state index is 13.3. The summed E-state index contributed by atoms with van der Waals surface area (Å²) in [6, 6.07) is 13.6. The number of fused-ring (bicyclic) bond motifs is 2. The summed E-state index contributed by atoms with van der Waals surface area (Å²) in [4.78, 5) is 17.9. The molecule has 29 heavy (non-hydrogen) atoms.